The molecular weight excluding hydrogens is 312 g/mol. The second kappa shape index (κ2) is 7.17. The van der Waals surface area contributed by atoms with E-state index in [4.69, 9.17) is 4.74 Å². The Morgan fingerprint density at radius 3 is 2.83 bits per heavy atom. The van der Waals surface area contributed by atoms with E-state index in [1.165, 1.54) is 11.1 Å². The zero-order valence-electron chi connectivity index (χ0n) is 12.5. The molecule has 2 heterocycles. The van der Waals surface area contributed by atoms with Crippen molar-refractivity contribution in [3.63, 3.8) is 0 Å². The van der Waals surface area contributed by atoms with Crippen LogP contribution in [0.25, 0.3) is 6.08 Å². The zero-order chi connectivity index (χ0) is 16.1. The van der Waals surface area contributed by atoms with E-state index >= 15 is 0 Å². The summed E-state index contributed by atoms with van der Waals surface area (Å²) in [6.07, 6.45) is 3.51. The first-order chi connectivity index (χ1) is 11.2. The molecule has 0 fully saturated rings. The molecule has 3 aromatic rings. The SMILES string of the molecule is COc1ccc(Cc2csc(C=CC(O)c3nn[nH]n3)c2)cc1. The summed E-state index contributed by atoms with van der Waals surface area (Å²) in [5.74, 6) is 1.12. The maximum absolute atomic E-state index is 9.88. The number of H-pyrrole nitrogens is 1. The Labute approximate surface area is 137 Å². The van der Waals surface area contributed by atoms with Gasteiger partial charge in [0.1, 0.15) is 11.9 Å². The van der Waals surface area contributed by atoms with Gasteiger partial charge in [-0.05, 0) is 53.3 Å². The molecule has 1 aromatic carbocycles. The Bertz CT molecular complexity index is 766. The monoisotopic (exact) mass is 328 g/mol. The number of aromatic nitrogens is 4. The molecule has 0 spiro atoms. The summed E-state index contributed by atoms with van der Waals surface area (Å²) in [4.78, 5) is 1.07. The van der Waals surface area contributed by atoms with Gasteiger partial charge in [0.05, 0.1) is 7.11 Å². The van der Waals surface area contributed by atoms with Gasteiger partial charge in [-0.3, -0.25) is 0 Å². The Hall–Kier alpha value is -2.51. The third-order valence-corrected chi connectivity index (χ3v) is 4.26. The Balaban J connectivity index is 1.63. The molecule has 0 aliphatic heterocycles. The van der Waals surface area contributed by atoms with Gasteiger partial charge in [0.2, 0.25) is 5.82 Å². The van der Waals surface area contributed by atoms with Crippen molar-refractivity contribution in [2.75, 3.05) is 7.11 Å². The predicted octanol–water partition coefficient (Wildman–Crippen LogP) is 2.61. The number of rotatable bonds is 6. The first kappa shape index (κ1) is 15.4. The lowest BCUT2D eigenvalue weighted by molar-refractivity contribution is 0.219. The molecule has 1 atom stereocenters. The zero-order valence-corrected chi connectivity index (χ0v) is 13.3. The normalized spacial score (nSPS) is 12.6. The van der Waals surface area contributed by atoms with Crippen molar-refractivity contribution in [1.29, 1.82) is 0 Å². The summed E-state index contributed by atoms with van der Waals surface area (Å²) in [5, 5.41) is 25.2. The fourth-order valence-corrected chi connectivity index (χ4v) is 2.94. The molecule has 2 N–H and O–H groups in total. The van der Waals surface area contributed by atoms with E-state index in [0.29, 0.717) is 0 Å². The number of aliphatic hydroxyl groups excluding tert-OH is 1. The number of aromatic amines is 1. The number of tetrazole rings is 1. The van der Waals surface area contributed by atoms with E-state index in [1.54, 1.807) is 24.5 Å². The largest absolute Gasteiger partial charge is 0.497 e. The topological polar surface area (TPSA) is 83.9 Å². The van der Waals surface area contributed by atoms with Gasteiger partial charge in [-0.1, -0.05) is 17.3 Å². The first-order valence-electron chi connectivity index (χ1n) is 7.04. The number of hydrogen-bond donors (Lipinski definition) is 2. The Morgan fingerprint density at radius 1 is 1.30 bits per heavy atom. The van der Waals surface area contributed by atoms with Crippen molar-refractivity contribution in [2.45, 2.75) is 12.5 Å². The standard InChI is InChI=1S/C16H16N4O2S/c1-22-13-4-2-11(3-5-13)8-12-9-14(23-10-12)6-7-15(21)16-17-19-20-18-16/h2-7,9-10,15,21H,8H2,1H3,(H,17,18,19,20). The molecule has 0 aliphatic rings. The van der Waals surface area contributed by atoms with Crippen molar-refractivity contribution < 1.29 is 9.84 Å². The summed E-state index contributed by atoms with van der Waals surface area (Å²) in [5.41, 5.74) is 2.46. The van der Waals surface area contributed by atoms with Crippen LogP contribution in [0, 0.1) is 0 Å². The smallest absolute Gasteiger partial charge is 0.206 e. The number of thiophene rings is 1. The molecule has 118 valence electrons. The van der Waals surface area contributed by atoms with Crippen LogP contribution in [0.5, 0.6) is 5.75 Å². The highest BCUT2D eigenvalue weighted by Crippen LogP contribution is 2.21. The molecular formula is C16H16N4O2S. The number of hydrogen-bond acceptors (Lipinski definition) is 6. The predicted molar refractivity (Wildman–Crippen MR) is 88.3 cm³/mol. The molecule has 0 amide bonds. The maximum Gasteiger partial charge on any atom is 0.206 e. The molecule has 0 radical (unpaired) electrons. The second-order valence-electron chi connectivity index (χ2n) is 4.96. The fourth-order valence-electron chi connectivity index (χ4n) is 2.12. The molecule has 0 aliphatic carbocycles. The van der Waals surface area contributed by atoms with Crippen molar-refractivity contribution in [3.8, 4) is 5.75 Å². The van der Waals surface area contributed by atoms with Crippen LogP contribution in [0.1, 0.15) is 27.9 Å². The lowest BCUT2D eigenvalue weighted by Crippen LogP contribution is -1.95. The van der Waals surface area contributed by atoms with Crippen LogP contribution >= 0.6 is 11.3 Å². The summed E-state index contributed by atoms with van der Waals surface area (Å²) in [7, 11) is 1.66. The molecule has 0 bridgehead atoms. The van der Waals surface area contributed by atoms with Gasteiger partial charge in [0, 0.05) is 4.88 Å². The minimum Gasteiger partial charge on any atom is -0.497 e. The lowest BCUT2D eigenvalue weighted by Gasteiger charge is -2.02. The van der Waals surface area contributed by atoms with Gasteiger partial charge >= 0.3 is 0 Å². The highest BCUT2D eigenvalue weighted by Gasteiger charge is 2.08. The Morgan fingerprint density at radius 2 is 2.13 bits per heavy atom. The van der Waals surface area contributed by atoms with E-state index < -0.39 is 6.10 Å². The Kier molecular flexibility index (Phi) is 4.80. The summed E-state index contributed by atoms with van der Waals surface area (Å²) in [6.45, 7) is 0. The van der Waals surface area contributed by atoms with E-state index in [0.717, 1.165) is 17.0 Å². The molecule has 0 saturated heterocycles. The fraction of sp³-hybridized carbons (Fsp3) is 0.188. The summed E-state index contributed by atoms with van der Waals surface area (Å²) < 4.78 is 5.16. The number of nitrogens with one attached hydrogen (secondary N) is 1. The minimum atomic E-state index is -0.860. The third kappa shape index (κ3) is 4.02. The van der Waals surface area contributed by atoms with Crippen LogP contribution in [-0.4, -0.2) is 32.8 Å². The van der Waals surface area contributed by atoms with Crippen LogP contribution in [-0.2, 0) is 6.42 Å². The van der Waals surface area contributed by atoms with Crippen LogP contribution < -0.4 is 4.74 Å². The molecule has 23 heavy (non-hydrogen) atoms. The molecule has 2 aromatic heterocycles. The average molecular weight is 328 g/mol. The van der Waals surface area contributed by atoms with E-state index in [-0.39, 0.29) is 5.82 Å². The summed E-state index contributed by atoms with van der Waals surface area (Å²) in [6, 6.07) is 10.2. The third-order valence-electron chi connectivity index (χ3n) is 3.31. The van der Waals surface area contributed by atoms with Gasteiger partial charge < -0.3 is 9.84 Å². The van der Waals surface area contributed by atoms with Crippen LogP contribution in [0.3, 0.4) is 0 Å². The molecule has 1 unspecified atom stereocenters. The van der Waals surface area contributed by atoms with Gasteiger partial charge in [-0.2, -0.15) is 5.21 Å². The average Bonchev–Trinajstić information content (AvgIpc) is 3.25. The van der Waals surface area contributed by atoms with E-state index in [2.05, 4.69) is 44.2 Å². The van der Waals surface area contributed by atoms with Crippen molar-refractivity contribution in [2.24, 2.45) is 0 Å². The lowest BCUT2D eigenvalue weighted by atomic mass is 10.1. The highest BCUT2D eigenvalue weighted by atomic mass is 32.1. The quantitative estimate of drug-likeness (QED) is 0.726. The number of nitrogens with zero attached hydrogens (tertiary/aromatic N) is 3. The van der Waals surface area contributed by atoms with Crippen LogP contribution in [0.15, 0.2) is 41.8 Å². The first-order valence-corrected chi connectivity index (χ1v) is 7.92. The molecule has 7 heteroatoms. The highest BCUT2D eigenvalue weighted by molar-refractivity contribution is 7.11. The number of methoxy groups -OCH3 is 1. The van der Waals surface area contributed by atoms with Gasteiger partial charge in [0.15, 0.2) is 0 Å². The van der Waals surface area contributed by atoms with E-state index in [1.807, 2.05) is 18.2 Å². The van der Waals surface area contributed by atoms with Gasteiger partial charge in [-0.25, -0.2) is 0 Å². The molecule has 3 rings (SSSR count). The van der Waals surface area contributed by atoms with E-state index in [9.17, 15) is 5.11 Å². The van der Waals surface area contributed by atoms with Crippen LogP contribution in [0.2, 0.25) is 0 Å². The number of ether oxygens (including phenoxy) is 1. The number of benzene rings is 1. The van der Waals surface area contributed by atoms with Crippen molar-refractivity contribution in [3.05, 3.63) is 63.6 Å². The summed E-state index contributed by atoms with van der Waals surface area (Å²) >= 11 is 1.63. The van der Waals surface area contributed by atoms with Crippen molar-refractivity contribution in [1.82, 2.24) is 20.6 Å². The maximum atomic E-state index is 9.88. The minimum absolute atomic E-state index is 0.260. The van der Waals surface area contributed by atoms with Crippen molar-refractivity contribution >= 4 is 17.4 Å². The molecule has 6 nitrogen and oxygen atoms in total. The second-order valence-corrected chi connectivity index (χ2v) is 5.90. The van der Waals surface area contributed by atoms with Crippen LogP contribution in [0.4, 0.5) is 0 Å². The van der Waals surface area contributed by atoms with Gasteiger partial charge in [-0.15, -0.1) is 21.5 Å². The van der Waals surface area contributed by atoms with Gasteiger partial charge in [0.25, 0.3) is 0 Å². The molecule has 0 saturated carbocycles. The number of aliphatic hydroxyl groups is 1.